The molecule has 20 heavy (non-hydrogen) atoms. The van der Waals surface area contributed by atoms with E-state index < -0.39 is 10.0 Å². The first-order valence-electron chi connectivity index (χ1n) is 5.72. The molecule has 0 saturated heterocycles. The van der Waals surface area contributed by atoms with E-state index in [-0.39, 0.29) is 23.1 Å². The normalized spacial score (nSPS) is 11.4. The minimum absolute atomic E-state index is 0.0520. The number of carbonyl (C=O) groups excluding carboxylic acids is 1. The van der Waals surface area contributed by atoms with Crippen LogP contribution in [0.2, 0.25) is 0 Å². The first-order valence-corrected chi connectivity index (χ1v) is 8.97. The van der Waals surface area contributed by atoms with Crippen molar-refractivity contribution in [2.45, 2.75) is 17.6 Å². The number of amides is 1. The summed E-state index contributed by atoms with van der Waals surface area (Å²) < 4.78 is 26.2. The Morgan fingerprint density at radius 2 is 2.20 bits per heavy atom. The van der Waals surface area contributed by atoms with Crippen molar-refractivity contribution in [1.82, 2.24) is 9.71 Å². The molecule has 2 rings (SSSR count). The van der Waals surface area contributed by atoms with Gasteiger partial charge in [0.15, 0.2) is 5.13 Å². The van der Waals surface area contributed by atoms with Gasteiger partial charge in [-0.2, -0.15) is 0 Å². The molecule has 108 valence electrons. The number of nitrogens with zero attached hydrogens (tertiary/aromatic N) is 1. The van der Waals surface area contributed by atoms with Crippen LogP contribution in [0.3, 0.4) is 0 Å². The zero-order valence-electron chi connectivity index (χ0n) is 10.6. The maximum atomic E-state index is 11.8. The summed E-state index contributed by atoms with van der Waals surface area (Å²) in [6.07, 6.45) is 0.0588. The lowest BCUT2D eigenvalue weighted by Crippen LogP contribution is -2.27. The molecule has 0 saturated carbocycles. The molecule has 6 nitrogen and oxygen atoms in total. The summed E-state index contributed by atoms with van der Waals surface area (Å²) in [5.41, 5.74) is 0.837. The van der Waals surface area contributed by atoms with Crippen molar-refractivity contribution in [3.05, 3.63) is 28.6 Å². The Morgan fingerprint density at radius 3 is 2.80 bits per heavy atom. The topological polar surface area (TPSA) is 88.2 Å². The van der Waals surface area contributed by atoms with Crippen LogP contribution in [0.15, 0.2) is 27.1 Å². The fourth-order valence-corrected chi connectivity index (χ4v) is 4.15. The Labute approximate surface area is 124 Å². The predicted molar refractivity (Wildman–Crippen MR) is 79.6 cm³/mol. The number of sulfonamides is 1. The first-order chi connectivity index (χ1) is 9.47. The lowest BCUT2D eigenvalue weighted by molar-refractivity contribution is -0.116. The molecule has 0 aliphatic rings. The molecule has 2 heterocycles. The lowest BCUT2D eigenvalue weighted by atomic mass is 10.4. The largest absolute Gasteiger partial charge is 0.302 e. The van der Waals surface area contributed by atoms with Crippen molar-refractivity contribution >= 4 is 43.7 Å². The number of thiazole rings is 1. The minimum Gasteiger partial charge on any atom is -0.302 e. The number of aromatic nitrogens is 1. The van der Waals surface area contributed by atoms with E-state index >= 15 is 0 Å². The summed E-state index contributed by atoms with van der Waals surface area (Å²) in [5, 5.41) is 6.66. The van der Waals surface area contributed by atoms with Gasteiger partial charge in [-0.3, -0.25) is 4.79 Å². The highest BCUT2D eigenvalue weighted by Gasteiger charge is 2.15. The number of carbonyl (C=O) groups is 1. The van der Waals surface area contributed by atoms with Crippen molar-refractivity contribution in [2.24, 2.45) is 0 Å². The molecule has 0 aromatic carbocycles. The Hall–Kier alpha value is -1.29. The maximum Gasteiger partial charge on any atom is 0.250 e. The van der Waals surface area contributed by atoms with E-state index in [4.69, 9.17) is 0 Å². The smallest absolute Gasteiger partial charge is 0.250 e. The monoisotopic (exact) mass is 331 g/mol. The Morgan fingerprint density at radius 1 is 1.40 bits per heavy atom. The summed E-state index contributed by atoms with van der Waals surface area (Å²) in [5.74, 6) is -0.270. The molecule has 9 heteroatoms. The van der Waals surface area contributed by atoms with Crippen LogP contribution in [0.1, 0.15) is 12.1 Å². The third-order valence-corrected chi connectivity index (χ3v) is 6.00. The zero-order valence-corrected chi connectivity index (χ0v) is 13.1. The molecule has 0 aliphatic carbocycles. The molecule has 0 aliphatic heterocycles. The van der Waals surface area contributed by atoms with Crippen LogP contribution in [0.25, 0.3) is 0 Å². The van der Waals surface area contributed by atoms with Gasteiger partial charge < -0.3 is 5.32 Å². The maximum absolute atomic E-state index is 11.8. The highest BCUT2D eigenvalue weighted by atomic mass is 32.2. The number of aryl methyl sites for hydroxylation is 1. The van der Waals surface area contributed by atoms with E-state index in [0.717, 1.165) is 17.0 Å². The van der Waals surface area contributed by atoms with Gasteiger partial charge in [0.25, 0.3) is 0 Å². The highest BCUT2D eigenvalue weighted by Crippen LogP contribution is 2.16. The van der Waals surface area contributed by atoms with Crippen molar-refractivity contribution < 1.29 is 13.2 Å². The summed E-state index contributed by atoms with van der Waals surface area (Å²) >= 11 is 2.47. The predicted octanol–water partition coefficient (Wildman–Crippen LogP) is 1.82. The third-order valence-electron chi connectivity index (χ3n) is 2.27. The van der Waals surface area contributed by atoms with E-state index in [9.17, 15) is 13.2 Å². The van der Waals surface area contributed by atoms with E-state index in [2.05, 4.69) is 15.0 Å². The standard InChI is InChI=1S/C11H13N3O3S3/c1-8-7-19-11(13-8)14-9(15)4-5-12-20(16,17)10-3-2-6-18-10/h2-3,6-7,12H,4-5H2,1H3,(H,13,14,15). The average molecular weight is 331 g/mol. The molecule has 0 unspecified atom stereocenters. The van der Waals surface area contributed by atoms with Crippen LogP contribution < -0.4 is 10.0 Å². The zero-order chi connectivity index (χ0) is 14.6. The third kappa shape index (κ3) is 4.10. The molecule has 0 fully saturated rings. The van der Waals surface area contributed by atoms with E-state index in [1.165, 1.54) is 17.4 Å². The number of thiophene rings is 1. The van der Waals surface area contributed by atoms with Gasteiger partial charge in [-0.25, -0.2) is 18.1 Å². The number of hydrogen-bond donors (Lipinski definition) is 2. The molecule has 0 atom stereocenters. The van der Waals surface area contributed by atoms with Crippen LogP contribution in [-0.4, -0.2) is 25.9 Å². The van der Waals surface area contributed by atoms with E-state index in [1.54, 1.807) is 11.4 Å². The van der Waals surface area contributed by atoms with Crippen LogP contribution in [-0.2, 0) is 14.8 Å². The Kier molecular flexibility index (Phi) is 4.86. The highest BCUT2D eigenvalue weighted by molar-refractivity contribution is 7.91. The Balaban J connectivity index is 1.80. The van der Waals surface area contributed by atoms with Gasteiger partial charge in [0, 0.05) is 18.3 Å². The summed E-state index contributed by atoms with van der Waals surface area (Å²) in [6, 6.07) is 3.18. The summed E-state index contributed by atoms with van der Waals surface area (Å²) in [6.45, 7) is 1.89. The SMILES string of the molecule is Cc1csc(NC(=O)CCNS(=O)(=O)c2cccs2)n1. The lowest BCUT2D eigenvalue weighted by Gasteiger charge is -2.04. The van der Waals surface area contributed by atoms with Crippen molar-refractivity contribution in [1.29, 1.82) is 0 Å². The van der Waals surface area contributed by atoms with E-state index in [0.29, 0.717) is 5.13 Å². The number of hydrogen-bond acceptors (Lipinski definition) is 6. The van der Waals surface area contributed by atoms with Gasteiger partial charge >= 0.3 is 0 Å². The molecule has 0 radical (unpaired) electrons. The number of rotatable bonds is 6. The van der Waals surface area contributed by atoms with Crippen molar-refractivity contribution in [3.8, 4) is 0 Å². The van der Waals surface area contributed by atoms with Crippen LogP contribution in [0, 0.1) is 6.92 Å². The Bertz CT molecular complexity index is 677. The van der Waals surface area contributed by atoms with Crippen LogP contribution in [0.4, 0.5) is 5.13 Å². The van der Waals surface area contributed by atoms with Crippen molar-refractivity contribution in [2.75, 3.05) is 11.9 Å². The van der Waals surface area contributed by atoms with Gasteiger partial charge in [-0.05, 0) is 18.4 Å². The minimum atomic E-state index is -3.51. The second-order valence-electron chi connectivity index (χ2n) is 3.92. The van der Waals surface area contributed by atoms with Gasteiger partial charge in [0.1, 0.15) is 4.21 Å². The van der Waals surface area contributed by atoms with Gasteiger partial charge in [-0.1, -0.05) is 6.07 Å². The molecule has 2 aromatic heterocycles. The molecule has 0 bridgehead atoms. The van der Waals surface area contributed by atoms with Gasteiger partial charge in [-0.15, -0.1) is 22.7 Å². The first kappa shape index (κ1) is 15.1. The number of nitrogens with one attached hydrogen (secondary N) is 2. The van der Waals surface area contributed by atoms with Crippen LogP contribution in [0.5, 0.6) is 0 Å². The second kappa shape index (κ2) is 6.44. The molecule has 2 N–H and O–H groups in total. The summed E-state index contributed by atoms with van der Waals surface area (Å²) in [4.78, 5) is 15.7. The number of anilines is 1. The quantitative estimate of drug-likeness (QED) is 0.845. The fourth-order valence-electron chi connectivity index (χ4n) is 1.38. The fraction of sp³-hybridized carbons (Fsp3) is 0.273. The van der Waals surface area contributed by atoms with Crippen molar-refractivity contribution in [3.63, 3.8) is 0 Å². The summed E-state index contributed by atoms with van der Waals surface area (Å²) in [7, 11) is -3.51. The molecular weight excluding hydrogens is 318 g/mol. The van der Waals surface area contributed by atoms with E-state index in [1.807, 2.05) is 12.3 Å². The molecule has 0 spiro atoms. The van der Waals surface area contributed by atoms with Crippen LogP contribution >= 0.6 is 22.7 Å². The average Bonchev–Trinajstić information content (AvgIpc) is 3.00. The molecule has 2 aromatic rings. The molecule has 1 amide bonds. The van der Waals surface area contributed by atoms with Gasteiger partial charge in [0.2, 0.25) is 15.9 Å². The molecular formula is C11H13N3O3S3. The second-order valence-corrected chi connectivity index (χ2v) is 7.72. The van der Waals surface area contributed by atoms with Gasteiger partial charge in [0.05, 0.1) is 5.69 Å².